The molecule has 1 aromatic carbocycles. The molecule has 27 heavy (non-hydrogen) atoms. The SMILES string of the molecule is Cc1cc(C)nc(SCc2ccc(C(=O)NNC(=O)CC(C)(C)C)cc2)n1. The number of aromatic nitrogens is 2. The molecule has 0 spiro atoms. The van der Waals surface area contributed by atoms with Crippen LogP contribution in [0.15, 0.2) is 35.5 Å². The maximum Gasteiger partial charge on any atom is 0.269 e. The van der Waals surface area contributed by atoms with E-state index in [1.54, 1.807) is 23.9 Å². The molecule has 0 atom stereocenters. The van der Waals surface area contributed by atoms with Crippen LogP contribution in [-0.4, -0.2) is 21.8 Å². The number of amides is 2. The Morgan fingerprint density at radius 3 is 2.15 bits per heavy atom. The largest absolute Gasteiger partial charge is 0.273 e. The van der Waals surface area contributed by atoms with Crippen molar-refractivity contribution < 1.29 is 9.59 Å². The van der Waals surface area contributed by atoms with Gasteiger partial charge in [-0.3, -0.25) is 20.4 Å². The van der Waals surface area contributed by atoms with Gasteiger partial charge in [-0.05, 0) is 43.0 Å². The van der Waals surface area contributed by atoms with Gasteiger partial charge in [0.15, 0.2) is 5.16 Å². The Morgan fingerprint density at radius 1 is 1.00 bits per heavy atom. The molecule has 1 aromatic heterocycles. The van der Waals surface area contributed by atoms with Crippen molar-refractivity contribution in [3.05, 3.63) is 52.8 Å². The van der Waals surface area contributed by atoms with Crippen molar-refractivity contribution in [3.8, 4) is 0 Å². The fraction of sp³-hybridized carbons (Fsp3) is 0.400. The number of nitrogens with one attached hydrogen (secondary N) is 2. The molecule has 2 aromatic rings. The first-order chi connectivity index (χ1) is 12.6. The molecular weight excluding hydrogens is 360 g/mol. The third-order valence-corrected chi connectivity index (χ3v) is 4.47. The first-order valence-corrected chi connectivity index (χ1v) is 9.74. The van der Waals surface area contributed by atoms with Gasteiger partial charge in [0.25, 0.3) is 5.91 Å². The zero-order chi connectivity index (χ0) is 20.0. The molecule has 0 saturated carbocycles. The molecule has 0 aliphatic heterocycles. The number of nitrogens with zero attached hydrogens (tertiary/aromatic N) is 2. The standard InChI is InChI=1S/C20H26N4O2S/c1-13-10-14(2)22-19(21-13)27-12-15-6-8-16(9-7-15)18(26)24-23-17(25)11-20(3,4)5/h6-10H,11-12H2,1-5H3,(H,23,25)(H,24,26). The number of benzene rings is 1. The molecule has 1 heterocycles. The molecule has 0 aliphatic rings. The highest BCUT2D eigenvalue weighted by Gasteiger charge is 2.16. The summed E-state index contributed by atoms with van der Waals surface area (Å²) < 4.78 is 0. The fourth-order valence-corrected chi connectivity index (χ4v) is 3.29. The van der Waals surface area contributed by atoms with Crippen molar-refractivity contribution in [1.29, 1.82) is 0 Å². The molecule has 144 valence electrons. The number of hydrogen-bond donors (Lipinski definition) is 2. The Labute approximate surface area is 164 Å². The number of rotatable bonds is 5. The van der Waals surface area contributed by atoms with Crippen LogP contribution in [0.4, 0.5) is 0 Å². The van der Waals surface area contributed by atoms with Crippen LogP contribution in [0.2, 0.25) is 0 Å². The van der Waals surface area contributed by atoms with Crippen LogP contribution in [0, 0.1) is 19.3 Å². The molecule has 0 aliphatic carbocycles. The average molecular weight is 387 g/mol. The van der Waals surface area contributed by atoms with Crippen molar-refractivity contribution in [1.82, 2.24) is 20.8 Å². The van der Waals surface area contributed by atoms with E-state index in [2.05, 4.69) is 20.8 Å². The number of carbonyl (C=O) groups excluding carboxylic acids is 2. The van der Waals surface area contributed by atoms with Gasteiger partial charge in [0.05, 0.1) is 0 Å². The molecule has 0 unspecified atom stereocenters. The molecule has 0 saturated heterocycles. The molecule has 0 bridgehead atoms. The predicted octanol–water partition coefficient (Wildman–Crippen LogP) is 3.58. The lowest BCUT2D eigenvalue weighted by Crippen LogP contribution is -2.42. The van der Waals surface area contributed by atoms with Crippen LogP contribution in [-0.2, 0) is 10.5 Å². The Hall–Kier alpha value is -2.41. The second kappa shape index (κ2) is 8.99. The second-order valence-electron chi connectivity index (χ2n) is 7.66. The predicted molar refractivity (Wildman–Crippen MR) is 107 cm³/mol. The second-order valence-corrected chi connectivity index (χ2v) is 8.60. The monoisotopic (exact) mass is 386 g/mol. The molecule has 0 radical (unpaired) electrons. The van der Waals surface area contributed by atoms with E-state index in [1.807, 2.05) is 52.8 Å². The summed E-state index contributed by atoms with van der Waals surface area (Å²) in [5, 5.41) is 0.746. The van der Waals surface area contributed by atoms with Gasteiger partial charge in [-0.15, -0.1) is 0 Å². The maximum atomic E-state index is 12.1. The van der Waals surface area contributed by atoms with Crippen LogP contribution >= 0.6 is 11.8 Å². The van der Waals surface area contributed by atoms with Gasteiger partial charge >= 0.3 is 0 Å². The van der Waals surface area contributed by atoms with Crippen LogP contribution in [0.1, 0.15) is 54.5 Å². The Kier molecular flexibility index (Phi) is 6.96. The Bertz CT molecular complexity index is 793. The summed E-state index contributed by atoms with van der Waals surface area (Å²) in [5.41, 5.74) is 8.22. The average Bonchev–Trinajstić information content (AvgIpc) is 2.56. The van der Waals surface area contributed by atoms with Crippen LogP contribution < -0.4 is 10.9 Å². The molecule has 2 N–H and O–H groups in total. The fourth-order valence-electron chi connectivity index (χ4n) is 2.38. The number of carbonyl (C=O) groups is 2. The number of hydrazine groups is 1. The lowest BCUT2D eigenvalue weighted by atomic mass is 9.92. The first-order valence-electron chi connectivity index (χ1n) is 8.75. The normalized spacial score (nSPS) is 11.1. The minimum absolute atomic E-state index is 0.131. The Morgan fingerprint density at radius 2 is 1.59 bits per heavy atom. The summed E-state index contributed by atoms with van der Waals surface area (Å²) in [6.07, 6.45) is 0.337. The summed E-state index contributed by atoms with van der Waals surface area (Å²) in [5.74, 6) is 0.166. The maximum absolute atomic E-state index is 12.1. The van der Waals surface area contributed by atoms with Gasteiger partial charge in [0.2, 0.25) is 5.91 Å². The third kappa shape index (κ3) is 7.38. The summed E-state index contributed by atoms with van der Waals surface area (Å²) in [7, 11) is 0. The highest BCUT2D eigenvalue weighted by atomic mass is 32.2. The van der Waals surface area contributed by atoms with E-state index in [1.165, 1.54) is 0 Å². The zero-order valence-corrected chi connectivity index (χ0v) is 17.2. The quantitative estimate of drug-likeness (QED) is 0.466. The van der Waals surface area contributed by atoms with Gasteiger partial charge in [-0.25, -0.2) is 9.97 Å². The van der Waals surface area contributed by atoms with Crippen molar-refractivity contribution >= 4 is 23.6 Å². The highest BCUT2D eigenvalue weighted by molar-refractivity contribution is 7.98. The lowest BCUT2D eigenvalue weighted by Gasteiger charge is -2.17. The van der Waals surface area contributed by atoms with Gasteiger partial charge in [-0.2, -0.15) is 0 Å². The summed E-state index contributed by atoms with van der Waals surface area (Å²) in [6.45, 7) is 9.80. The van der Waals surface area contributed by atoms with Gasteiger partial charge in [0, 0.05) is 29.1 Å². The highest BCUT2D eigenvalue weighted by Crippen LogP contribution is 2.20. The van der Waals surface area contributed by atoms with Crippen LogP contribution in [0.3, 0.4) is 0 Å². The molecule has 2 rings (SSSR count). The Balaban J connectivity index is 1.86. The van der Waals surface area contributed by atoms with Gasteiger partial charge in [-0.1, -0.05) is 44.7 Å². The first kappa shape index (κ1) is 20.9. The van der Waals surface area contributed by atoms with Gasteiger partial charge in [0.1, 0.15) is 0 Å². The van der Waals surface area contributed by atoms with E-state index < -0.39 is 0 Å². The van der Waals surface area contributed by atoms with Crippen LogP contribution in [0.25, 0.3) is 0 Å². The molecule has 2 amide bonds. The van der Waals surface area contributed by atoms with E-state index >= 15 is 0 Å². The number of hydrogen-bond acceptors (Lipinski definition) is 5. The van der Waals surface area contributed by atoms with Crippen molar-refractivity contribution in [2.24, 2.45) is 5.41 Å². The van der Waals surface area contributed by atoms with E-state index in [-0.39, 0.29) is 17.2 Å². The molecule has 7 heteroatoms. The topological polar surface area (TPSA) is 84.0 Å². The van der Waals surface area contributed by atoms with Gasteiger partial charge < -0.3 is 0 Å². The van der Waals surface area contributed by atoms with E-state index in [4.69, 9.17) is 0 Å². The van der Waals surface area contributed by atoms with E-state index in [0.29, 0.717) is 17.7 Å². The summed E-state index contributed by atoms with van der Waals surface area (Å²) in [4.78, 5) is 32.7. The smallest absolute Gasteiger partial charge is 0.269 e. The molecule has 6 nitrogen and oxygen atoms in total. The molecular formula is C20H26N4O2S. The van der Waals surface area contributed by atoms with Crippen molar-refractivity contribution in [2.45, 2.75) is 51.9 Å². The third-order valence-electron chi connectivity index (χ3n) is 3.55. The van der Waals surface area contributed by atoms with E-state index in [0.717, 1.165) is 22.1 Å². The van der Waals surface area contributed by atoms with E-state index in [9.17, 15) is 9.59 Å². The van der Waals surface area contributed by atoms with Crippen molar-refractivity contribution in [2.75, 3.05) is 0 Å². The lowest BCUT2D eigenvalue weighted by molar-refractivity contribution is -0.123. The zero-order valence-electron chi connectivity index (χ0n) is 16.4. The minimum atomic E-state index is -0.339. The summed E-state index contributed by atoms with van der Waals surface area (Å²) >= 11 is 1.56. The van der Waals surface area contributed by atoms with Crippen molar-refractivity contribution in [3.63, 3.8) is 0 Å². The summed E-state index contributed by atoms with van der Waals surface area (Å²) in [6, 6.07) is 9.20. The number of aryl methyl sites for hydroxylation is 2. The minimum Gasteiger partial charge on any atom is -0.273 e. The number of thioether (sulfide) groups is 1. The van der Waals surface area contributed by atoms with Crippen LogP contribution in [0.5, 0.6) is 0 Å². The molecule has 0 fully saturated rings.